The lowest BCUT2D eigenvalue weighted by atomic mass is 10.1. The summed E-state index contributed by atoms with van der Waals surface area (Å²) in [5, 5.41) is 0. The summed E-state index contributed by atoms with van der Waals surface area (Å²) in [7, 11) is 0. The van der Waals surface area contributed by atoms with Gasteiger partial charge in [-0.05, 0) is 47.5 Å². The highest BCUT2D eigenvalue weighted by atomic mass is 32.1. The van der Waals surface area contributed by atoms with Gasteiger partial charge in [0, 0.05) is 57.6 Å². The summed E-state index contributed by atoms with van der Waals surface area (Å²) in [6, 6.07) is 21.0. The van der Waals surface area contributed by atoms with Crippen molar-refractivity contribution in [3.8, 4) is 27.8 Å². The number of para-hydroxylation sites is 1. The van der Waals surface area contributed by atoms with Crippen LogP contribution in [0.15, 0.2) is 85.2 Å². The van der Waals surface area contributed by atoms with Crippen molar-refractivity contribution in [1.82, 2.24) is 19.8 Å². The Labute approximate surface area is 258 Å². The number of fused-ring (bicyclic) bond motifs is 1. The molecule has 0 aliphatic carbocycles. The zero-order valence-electron chi connectivity index (χ0n) is 24.2. The summed E-state index contributed by atoms with van der Waals surface area (Å²) in [6.07, 6.45) is 4.00. The highest BCUT2D eigenvalue weighted by molar-refractivity contribution is 7.22. The fourth-order valence-corrected chi connectivity index (χ4v) is 6.14. The summed E-state index contributed by atoms with van der Waals surface area (Å²) in [6.45, 7) is 5.90. The largest absolute Gasteiger partial charge is 0.453 e. The average molecular weight is 611 g/mol. The lowest BCUT2D eigenvalue weighted by Crippen LogP contribution is -2.48. The van der Waals surface area contributed by atoms with Crippen molar-refractivity contribution in [3.05, 3.63) is 102 Å². The molecule has 1 fully saturated rings. The highest BCUT2D eigenvalue weighted by Gasteiger charge is 2.20. The van der Waals surface area contributed by atoms with Crippen LogP contribution in [0, 0.1) is 5.82 Å². The summed E-state index contributed by atoms with van der Waals surface area (Å²) < 4.78 is 27.1. The Balaban J connectivity index is 1.10. The number of thiophene rings is 1. The second-order valence-corrected chi connectivity index (χ2v) is 11.6. The highest BCUT2D eigenvalue weighted by Crippen LogP contribution is 2.39. The first-order chi connectivity index (χ1) is 21.4. The van der Waals surface area contributed by atoms with Gasteiger partial charge in [-0.1, -0.05) is 37.3 Å². The number of carbonyl (C=O) groups is 2. The van der Waals surface area contributed by atoms with Crippen molar-refractivity contribution in [1.29, 1.82) is 0 Å². The number of piperazine rings is 1. The molecule has 1 aliphatic rings. The molecule has 0 unspecified atom stereocenters. The summed E-state index contributed by atoms with van der Waals surface area (Å²) >= 11 is 1.48. The maximum atomic E-state index is 15.0. The minimum absolute atomic E-state index is 0.0509. The van der Waals surface area contributed by atoms with Crippen LogP contribution in [-0.4, -0.2) is 57.8 Å². The summed E-state index contributed by atoms with van der Waals surface area (Å²) in [4.78, 5) is 38.6. The van der Waals surface area contributed by atoms with E-state index in [0.717, 1.165) is 59.1 Å². The van der Waals surface area contributed by atoms with Crippen molar-refractivity contribution >= 4 is 33.4 Å². The first kappa shape index (κ1) is 29.4. The van der Waals surface area contributed by atoms with Crippen LogP contribution in [0.2, 0.25) is 0 Å². The molecular weight excluding hydrogens is 579 g/mol. The quantitative estimate of drug-likeness (QED) is 0.139. The van der Waals surface area contributed by atoms with Gasteiger partial charge < -0.3 is 14.4 Å². The third kappa shape index (κ3) is 6.93. The predicted octanol–water partition coefficient (Wildman–Crippen LogP) is 6.49. The standard InChI is InChI=1S/C34H31FN4O4S/c1-2-32(40)39-16-14-38(15-17-39)22-24-8-10-27(37-21-24)31-20-28-34(44-31)30(12-13-36-28)43-29-11-9-23(18-26(29)35)19-33(41)42-25-6-4-3-5-7-25/h3-13,18,20-21H,2,14-17,19,22H2,1H3. The molecule has 6 rings (SSSR count). The molecule has 3 aromatic heterocycles. The second-order valence-electron chi connectivity index (χ2n) is 10.5. The van der Waals surface area contributed by atoms with Crippen LogP contribution in [0.4, 0.5) is 4.39 Å². The lowest BCUT2D eigenvalue weighted by Gasteiger charge is -2.34. The molecule has 0 N–H and O–H groups in total. The van der Waals surface area contributed by atoms with E-state index in [1.165, 1.54) is 23.5 Å². The average Bonchev–Trinajstić information content (AvgIpc) is 3.49. The lowest BCUT2D eigenvalue weighted by molar-refractivity contribution is -0.134. The SMILES string of the molecule is CCC(=O)N1CCN(Cc2ccc(-c3cc4nccc(Oc5ccc(CC(=O)Oc6ccccc6)cc5F)c4s3)nc2)CC1. The molecule has 0 bridgehead atoms. The molecule has 10 heteroatoms. The van der Waals surface area contributed by atoms with Gasteiger partial charge in [-0.2, -0.15) is 0 Å². The van der Waals surface area contributed by atoms with E-state index in [1.54, 1.807) is 42.6 Å². The third-order valence-electron chi connectivity index (χ3n) is 7.43. The molecule has 8 nitrogen and oxygen atoms in total. The van der Waals surface area contributed by atoms with Crippen molar-refractivity contribution < 1.29 is 23.5 Å². The Hall–Kier alpha value is -4.67. The van der Waals surface area contributed by atoms with E-state index in [9.17, 15) is 9.59 Å². The van der Waals surface area contributed by atoms with Crippen LogP contribution in [0.3, 0.4) is 0 Å². The van der Waals surface area contributed by atoms with E-state index < -0.39 is 11.8 Å². The van der Waals surface area contributed by atoms with Crippen LogP contribution in [0.25, 0.3) is 20.8 Å². The number of ether oxygens (including phenoxy) is 2. The molecule has 1 aliphatic heterocycles. The van der Waals surface area contributed by atoms with Gasteiger partial charge in [0.05, 0.1) is 27.2 Å². The molecule has 2 aromatic carbocycles. The number of aromatic nitrogens is 2. The van der Waals surface area contributed by atoms with Crippen molar-refractivity contribution in [3.63, 3.8) is 0 Å². The van der Waals surface area contributed by atoms with E-state index in [1.807, 2.05) is 36.2 Å². The van der Waals surface area contributed by atoms with Crippen LogP contribution in [0.1, 0.15) is 24.5 Å². The zero-order valence-corrected chi connectivity index (χ0v) is 25.1. The molecule has 1 amide bonds. The van der Waals surface area contributed by atoms with E-state index in [4.69, 9.17) is 14.5 Å². The number of pyridine rings is 2. The van der Waals surface area contributed by atoms with E-state index >= 15 is 4.39 Å². The zero-order chi connectivity index (χ0) is 30.5. The Morgan fingerprint density at radius 1 is 0.909 bits per heavy atom. The number of carbonyl (C=O) groups excluding carboxylic acids is 2. The number of benzene rings is 2. The van der Waals surface area contributed by atoms with Gasteiger partial charge in [0.25, 0.3) is 0 Å². The number of amides is 1. The molecule has 4 heterocycles. The molecule has 44 heavy (non-hydrogen) atoms. The maximum absolute atomic E-state index is 15.0. The molecule has 0 saturated carbocycles. The van der Waals surface area contributed by atoms with E-state index in [0.29, 0.717) is 23.5 Å². The molecule has 5 aromatic rings. The number of halogens is 1. The third-order valence-corrected chi connectivity index (χ3v) is 8.59. The fraction of sp³-hybridized carbons (Fsp3) is 0.235. The van der Waals surface area contributed by atoms with Gasteiger partial charge >= 0.3 is 5.97 Å². The van der Waals surface area contributed by atoms with Crippen molar-refractivity contribution in [2.24, 2.45) is 0 Å². The predicted molar refractivity (Wildman–Crippen MR) is 167 cm³/mol. The first-order valence-corrected chi connectivity index (χ1v) is 15.3. The van der Waals surface area contributed by atoms with Crippen molar-refractivity contribution in [2.45, 2.75) is 26.3 Å². The minimum atomic E-state index is -0.576. The summed E-state index contributed by atoms with van der Waals surface area (Å²) in [5.41, 5.74) is 3.14. The Kier molecular flexibility index (Phi) is 8.90. The molecule has 0 spiro atoms. The van der Waals surface area contributed by atoms with Gasteiger partial charge in [-0.3, -0.25) is 24.5 Å². The second kappa shape index (κ2) is 13.3. The smallest absolute Gasteiger partial charge is 0.315 e. The number of rotatable bonds is 9. The van der Waals surface area contributed by atoms with Crippen LogP contribution < -0.4 is 9.47 Å². The van der Waals surface area contributed by atoms with E-state index in [-0.39, 0.29) is 18.1 Å². The van der Waals surface area contributed by atoms with E-state index in [2.05, 4.69) is 16.0 Å². The monoisotopic (exact) mass is 610 g/mol. The van der Waals surface area contributed by atoms with Gasteiger partial charge in [0.2, 0.25) is 5.91 Å². The maximum Gasteiger partial charge on any atom is 0.315 e. The normalized spacial score (nSPS) is 13.6. The number of esters is 1. The molecule has 1 saturated heterocycles. The minimum Gasteiger partial charge on any atom is -0.453 e. The van der Waals surface area contributed by atoms with Crippen LogP contribution in [-0.2, 0) is 22.6 Å². The van der Waals surface area contributed by atoms with Gasteiger partial charge in [-0.25, -0.2) is 4.39 Å². The van der Waals surface area contributed by atoms with Gasteiger partial charge in [-0.15, -0.1) is 11.3 Å². The number of hydrogen-bond acceptors (Lipinski definition) is 8. The van der Waals surface area contributed by atoms with Crippen LogP contribution in [0.5, 0.6) is 17.2 Å². The number of nitrogens with zero attached hydrogens (tertiary/aromatic N) is 4. The fourth-order valence-electron chi connectivity index (χ4n) is 5.10. The Morgan fingerprint density at radius 3 is 2.43 bits per heavy atom. The Morgan fingerprint density at radius 2 is 1.70 bits per heavy atom. The van der Waals surface area contributed by atoms with Crippen molar-refractivity contribution in [2.75, 3.05) is 26.2 Å². The first-order valence-electron chi connectivity index (χ1n) is 14.5. The molecule has 0 radical (unpaired) electrons. The van der Waals surface area contributed by atoms with Gasteiger partial charge in [0.15, 0.2) is 11.6 Å². The number of hydrogen-bond donors (Lipinski definition) is 0. The molecular formula is C34H31FN4O4S. The topological polar surface area (TPSA) is 84.9 Å². The van der Waals surface area contributed by atoms with Crippen LogP contribution >= 0.6 is 11.3 Å². The van der Waals surface area contributed by atoms with Gasteiger partial charge in [0.1, 0.15) is 11.5 Å². The molecule has 0 atom stereocenters. The summed E-state index contributed by atoms with van der Waals surface area (Å²) in [5.74, 6) is 0.137. The Bertz CT molecular complexity index is 1770. The molecule has 224 valence electrons.